The highest BCUT2D eigenvalue weighted by Gasteiger charge is 2.31. The van der Waals surface area contributed by atoms with E-state index in [0.29, 0.717) is 24.9 Å². The van der Waals surface area contributed by atoms with Crippen molar-refractivity contribution < 1.29 is 4.79 Å². The van der Waals surface area contributed by atoms with Gasteiger partial charge in [0.1, 0.15) is 11.9 Å². The highest BCUT2D eigenvalue weighted by Crippen LogP contribution is 2.29. The standard InChI is InChI=1S/C27H30N6O2/c1-4-23(26(34)31-16-14-30(15-17-31)24-12-8-9-13-28-24)32-19(2)22-18-29-33(21-10-6-5-7-11-21)27(35)25(22)20(32)3/h5-13,18,23H,4,14-17H2,1-3H3/t23-/m1/s1. The number of amides is 1. The van der Waals surface area contributed by atoms with Gasteiger partial charge in [0, 0.05) is 49.1 Å². The molecule has 1 saturated heterocycles. The summed E-state index contributed by atoms with van der Waals surface area (Å²) in [6, 6.07) is 14.9. The van der Waals surface area contributed by atoms with E-state index in [0.717, 1.165) is 41.4 Å². The molecule has 1 atom stereocenters. The SMILES string of the molecule is CC[C@H](C(=O)N1CCN(c2ccccn2)CC1)n1c(C)c2cnn(-c3ccccc3)c(=O)c2c1C. The second-order valence-electron chi connectivity index (χ2n) is 8.95. The van der Waals surface area contributed by atoms with Crippen LogP contribution in [0.4, 0.5) is 5.82 Å². The molecule has 0 aliphatic carbocycles. The van der Waals surface area contributed by atoms with Crippen molar-refractivity contribution in [3.63, 3.8) is 0 Å². The predicted octanol–water partition coefficient (Wildman–Crippen LogP) is 3.50. The molecule has 1 aliphatic heterocycles. The molecule has 1 aliphatic rings. The molecule has 0 saturated carbocycles. The summed E-state index contributed by atoms with van der Waals surface area (Å²) in [7, 11) is 0. The van der Waals surface area contributed by atoms with Gasteiger partial charge in [0.2, 0.25) is 5.91 Å². The number of carbonyl (C=O) groups excluding carboxylic acids is 1. The number of aryl methyl sites for hydroxylation is 2. The largest absolute Gasteiger partial charge is 0.353 e. The van der Waals surface area contributed by atoms with Crippen LogP contribution in [0.15, 0.2) is 65.7 Å². The fourth-order valence-electron chi connectivity index (χ4n) is 5.18. The zero-order chi connectivity index (χ0) is 24.5. The number of para-hydroxylation sites is 1. The van der Waals surface area contributed by atoms with Crippen LogP contribution in [0.5, 0.6) is 0 Å². The Hall–Kier alpha value is -3.94. The quantitative estimate of drug-likeness (QED) is 0.446. The lowest BCUT2D eigenvalue weighted by molar-refractivity contribution is -0.135. The number of aromatic nitrogens is 4. The minimum Gasteiger partial charge on any atom is -0.353 e. The monoisotopic (exact) mass is 470 g/mol. The molecular weight excluding hydrogens is 440 g/mol. The van der Waals surface area contributed by atoms with E-state index in [1.54, 1.807) is 12.4 Å². The Morgan fingerprint density at radius 2 is 1.69 bits per heavy atom. The summed E-state index contributed by atoms with van der Waals surface area (Å²) in [6.45, 7) is 8.71. The smallest absolute Gasteiger partial charge is 0.281 e. The fraction of sp³-hybridized carbons (Fsp3) is 0.333. The summed E-state index contributed by atoms with van der Waals surface area (Å²) < 4.78 is 3.47. The number of fused-ring (bicyclic) bond motifs is 1. The maximum absolute atomic E-state index is 13.7. The average molecular weight is 471 g/mol. The van der Waals surface area contributed by atoms with E-state index in [-0.39, 0.29) is 17.5 Å². The number of benzene rings is 1. The molecule has 180 valence electrons. The Morgan fingerprint density at radius 1 is 0.971 bits per heavy atom. The number of anilines is 1. The van der Waals surface area contributed by atoms with Gasteiger partial charge in [-0.3, -0.25) is 9.59 Å². The van der Waals surface area contributed by atoms with E-state index in [2.05, 4.69) is 15.0 Å². The van der Waals surface area contributed by atoms with Crippen molar-refractivity contribution in [1.82, 2.24) is 24.2 Å². The number of rotatable bonds is 5. The van der Waals surface area contributed by atoms with Gasteiger partial charge in [0.15, 0.2) is 0 Å². The van der Waals surface area contributed by atoms with Crippen LogP contribution in [0.2, 0.25) is 0 Å². The Morgan fingerprint density at radius 3 is 2.34 bits per heavy atom. The molecule has 0 N–H and O–H groups in total. The van der Waals surface area contributed by atoms with E-state index < -0.39 is 0 Å². The summed E-state index contributed by atoms with van der Waals surface area (Å²) in [5.41, 5.74) is 2.26. The minimum absolute atomic E-state index is 0.0935. The average Bonchev–Trinajstić information content (AvgIpc) is 3.16. The zero-order valence-electron chi connectivity index (χ0n) is 20.4. The van der Waals surface area contributed by atoms with Crippen LogP contribution in [-0.4, -0.2) is 56.3 Å². The molecule has 8 heteroatoms. The fourth-order valence-corrected chi connectivity index (χ4v) is 5.18. The second-order valence-corrected chi connectivity index (χ2v) is 8.95. The van der Waals surface area contributed by atoms with Crippen molar-refractivity contribution >= 4 is 22.5 Å². The third-order valence-corrected chi connectivity index (χ3v) is 7.00. The summed E-state index contributed by atoms with van der Waals surface area (Å²) >= 11 is 0. The summed E-state index contributed by atoms with van der Waals surface area (Å²) in [5, 5.41) is 5.85. The molecule has 3 aromatic heterocycles. The van der Waals surface area contributed by atoms with E-state index in [1.165, 1.54) is 4.68 Å². The van der Waals surface area contributed by atoms with Crippen molar-refractivity contribution in [1.29, 1.82) is 0 Å². The van der Waals surface area contributed by atoms with Gasteiger partial charge in [-0.1, -0.05) is 31.2 Å². The third-order valence-electron chi connectivity index (χ3n) is 7.00. The Kier molecular flexibility index (Phi) is 6.11. The Balaban J connectivity index is 1.45. The normalized spacial score (nSPS) is 14.9. The van der Waals surface area contributed by atoms with Crippen molar-refractivity contribution in [2.24, 2.45) is 0 Å². The highest BCUT2D eigenvalue weighted by atomic mass is 16.2. The van der Waals surface area contributed by atoms with Crippen molar-refractivity contribution in [3.8, 4) is 5.69 Å². The van der Waals surface area contributed by atoms with Gasteiger partial charge in [0.25, 0.3) is 5.56 Å². The first-order valence-electron chi connectivity index (χ1n) is 12.1. The second kappa shape index (κ2) is 9.37. The van der Waals surface area contributed by atoms with Crippen LogP contribution in [0.3, 0.4) is 0 Å². The molecule has 1 fully saturated rings. The summed E-state index contributed by atoms with van der Waals surface area (Å²) in [4.78, 5) is 35.7. The minimum atomic E-state index is -0.367. The van der Waals surface area contributed by atoms with Crippen LogP contribution >= 0.6 is 0 Å². The van der Waals surface area contributed by atoms with E-state index in [9.17, 15) is 9.59 Å². The molecule has 0 bridgehead atoms. The van der Waals surface area contributed by atoms with Gasteiger partial charge in [-0.25, -0.2) is 4.98 Å². The predicted molar refractivity (Wildman–Crippen MR) is 137 cm³/mol. The van der Waals surface area contributed by atoms with Crippen molar-refractivity contribution in [2.75, 3.05) is 31.1 Å². The molecule has 4 aromatic rings. The van der Waals surface area contributed by atoms with Crippen molar-refractivity contribution in [2.45, 2.75) is 33.2 Å². The number of nitrogens with zero attached hydrogens (tertiary/aromatic N) is 6. The van der Waals surface area contributed by atoms with Gasteiger partial charge >= 0.3 is 0 Å². The first-order chi connectivity index (χ1) is 17.0. The molecule has 1 aromatic carbocycles. The lowest BCUT2D eigenvalue weighted by atomic mass is 10.1. The Bertz CT molecular complexity index is 1400. The van der Waals surface area contributed by atoms with E-state index >= 15 is 0 Å². The highest BCUT2D eigenvalue weighted by molar-refractivity contribution is 5.89. The molecule has 0 unspecified atom stereocenters. The lowest BCUT2D eigenvalue weighted by Gasteiger charge is -2.37. The number of hydrogen-bond acceptors (Lipinski definition) is 5. The number of pyridine rings is 1. The van der Waals surface area contributed by atoms with Crippen LogP contribution in [0, 0.1) is 13.8 Å². The van der Waals surface area contributed by atoms with E-state index in [1.807, 2.05) is 78.8 Å². The van der Waals surface area contributed by atoms with Crippen LogP contribution in [-0.2, 0) is 4.79 Å². The molecule has 35 heavy (non-hydrogen) atoms. The number of carbonyl (C=O) groups is 1. The first-order valence-corrected chi connectivity index (χ1v) is 12.1. The summed E-state index contributed by atoms with van der Waals surface area (Å²) in [6.07, 6.45) is 4.18. The summed E-state index contributed by atoms with van der Waals surface area (Å²) in [5.74, 6) is 1.04. The molecule has 5 rings (SSSR count). The van der Waals surface area contributed by atoms with Gasteiger partial charge < -0.3 is 14.4 Å². The van der Waals surface area contributed by atoms with Gasteiger partial charge in [-0.15, -0.1) is 0 Å². The molecule has 8 nitrogen and oxygen atoms in total. The van der Waals surface area contributed by atoms with E-state index in [4.69, 9.17) is 0 Å². The molecule has 4 heterocycles. The molecular formula is C27H30N6O2. The van der Waals surface area contributed by atoms with Gasteiger partial charge in [-0.2, -0.15) is 9.78 Å². The molecule has 0 spiro atoms. The topological polar surface area (TPSA) is 76.3 Å². The maximum Gasteiger partial charge on any atom is 0.281 e. The number of piperazine rings is 1. The maximum atomic E-state index is 13.7. The molecule has 1 amide bonds. The zero-order valence-corrected chi connectivity index (χ0v) is 20.4. The van der Waals surface area contributed by atoms with Crippen molar-refractivity contribution in [3.05, 3.63) is 82.7 Å². The van der Waals surface area contributed by atoms with Crippen LogP contribution in [0.25, 0.3) is 16.5 Å². The molecule has 0 radical (unpaired) electrons. The third kappa shape index (κ3) is 3.99. The van der Waals surface area contributed by atoms with Gasteiger partial charge in [0.05, 0.1) is 17.3 Å². The Labute approximate surface area is 204 Å². The van der Waals surface area contributed by atoms with Crippen LogP contribution in [0.1, 0.15) is 30.8 Å². The first kappa shape index (κ1) is 22.8. The van der Waals surface area contributed by atoms with Crippen LogP contribution < -0.4 is 10.5 Å². The number of hydrogen-bond donors (Lipinski definition) is 0. The lowest BCUT2D eigenvalue weighted by Crippen LogP contribution is -2.51. The van der Waals surface area contributed by atoms with Gasteiger partial charge in [-0.05, 0) is 44.5 Å².